The van der Waals surface area contributed by atoms with Gasteiger partial charge >= 0.3 is 6.11 Å². The van der Waals surface area contributed by atoms with Crippen molar-refractivity contribution in [2.45, 2.75) is 84.2 Å². The maximum atomic E-state index is 15.0. The molecular formula is C31H35F4O2. The molecule has 0 N–H and O–H groups in total. The molecule has 0 spiro atoms. The molecule has 2 nitrogen and oxygen atoms in total. The molecule has 0 aliphatic heterocycles. The van der Waals surface area contributed by atoms with Crippen LogP contribution in [0.1, 0.15) is 81.9 Å². The van der Waals surface area contributed by atoms with Gasteiger partial charge in [-0.05, 0) is 67.1 Å². The van der Waals surface area contributed by atoms with Crippen molar-refractivity contribution in [1.82, 2.24) is 0 Å². The van der Waals surface area contributed by atoms with E-state index < -0.39 is 29.1 Å². The normalized spacial score (nSPS) is 11.5. The fraction of sp³-hybridized carbons (Fsp3) is 0.419. The van der Waals surface area contributed by atoms with Gasteiger partial charge in [0.2, 0.25) is 0 Å². The summed E-state index contributed by atoms with van der Waals surface area (Å²) < 4.78 is 69.4. The van der Waals surface area contributed by atoms with Crippen LogP contribution in [0.4, 0.5) is 17.6 Å². The Morgan fingerprint density at radius 1 is 0.703 bits per heavy atom. The third-order valence-corrected chi connectivity index (χ3v) is 6.23. The van der Waals surface area contributed by atoms with Gasteiger partial charge in [-0.3, -0.25) is 0 Å². The predicted molar refractivity (Wildman–Crippen MR) is 138 cm³/mol. The fourth-order valence-electron chi connectivity index (χ4n) is 4.08. The Morgan fingerprint density at radius 3 is 1.86 bits per heavy atom. The molecular weight excluding hydrogens is 480 g/mol. The van der Waals surface area contributed by atoms with Crippen molar-refractivity contribution in [3.05, 3.63) is 89.0 Å². The Hall–Kier alpha value is -3.02. The molecule has 0 bridgehead atoms. The van der Waals surface area contributed by atoms with Gasteiger partial charge in [0, 0.05) is 6.07 Å². The summed E-state index contributed by atoms with van der Waals surface area (Å²) in [5.74, 6) is -3.61. The molecule has 3 aromatic carbocycles. The van der Waals surface area contributed by atoms with E-state index in [1.807, 2.05) is 12.1 Å². The molecule has 3 rings (SSSR count). The summed E-state index contributed by atoms with van der Waals surface area (Å²) in [7, 11) is 0. The van der Waals surface area contributed by atoms with E-state index in [0.29, 0.717) is 6.07 Å². The number of halogens is 4. The van der Waals surface area contributed by atoms with Gasteiger partial charge in [0.1, 0.15) is 22.9 Å². The van der Waals surface area contributed by atoms with Crippen molar-refractivity contribution >= 4 is 0 Å². The number of unbranched alkanes of at least 4 members (excludes halogenated alkanes) is 6. The zero-order chi connectivity index (χ0) is 26.7. The molecule has 0 unspecified atom stereocenters. The summed E-state index contributed by atoms with van der Waals surface area (Å²) in [6.45, 7) is 4.26. The Bertz CT molecular complexity index is 1100. The zero-order valence-corrected chi connectivity index (χ0v) is 21.6. The average molecular weight is 516 g/mol. The summed E-state index contributed by atoms with van der Waals surface area (Å²) in [5.41, 5.74) is 0.558. The first kappa shape index (κ1) is 28.5. The van der Waals surface area contributed by atoms with Crippen LogP contribution >= 0.6 is 0 Å². The highest BCUT2D eigenvalue weighted by Crippen LogP contribution is 2.38. The minimum Gasteiger partial charge on any atom is -0.454 e. The Kier molecular flexibility index (Phi) is 10.8. The number of rotatable bonds is 15. The van der Waals surface area contributed by atoms with Gasteiger partial charge in [-0.15, -0.1) is 0 Å². The van der Waals surface area contributed by atoms with Crippen LogP contribution in [0.3, 0.4) is 0 Å². The van der Waals surface area contributed by atoms with Crippen LogP contribution in [0, 0.1) is 17.7 Å². The van der Waals surface area contributed by atoms with Gasteiger partial charge in [-0.1, -0.05) is 76.6 Å². The summed E-state index contributed by atoms with van der Waals surface area (Å²) in [6.07, 6.45) is 6.52. The first-order valence-corrected chi connectivity index (χ1v) is 13.2. The van der Waals surface area contributed by atoms with Crippen LogP contribution in [-0.4, -0.2) is 0 Å². The molecule has 0 saturated heterocycles. The number of aryl methyl sites for hydroxylation is 2. The van der Waals surface area contributed by atoms with Gasteiger partial charge < -0.3 is 9.47 Å². The molecule has 1 radical (unpaired) electrons. The second-order valence-electron chi connectivity index (χ2n) is 9.28. The molecule has 0 fully saturated rings. The molecule has 6 heteroatoms. The maximum absolute atomic E-state index is 15.0. The third-order valence-electron chi connectivity index (χ3n) is 6.23. The first-order chi connectivity index (χ1) is 17.8. The number of hydrogen-bond donors (Lipinski definition) is 0. The van der Waals surface area contributed by atoms with E-state index in [9.17, 15) is 13.2 Å². The molecule has 0 heterocycles. The van der Waals surface area contributed by atoms with E-state index in [-0.39, 0.29) is 11.5 Å². The predicted octanol–water partition coefficient (Wildman–Crippen LogP) is 9.93. The third kappa shape index (κ3) is 8.51. The lowest BCUT2D eigenvalue weighted by Crippen LogP contribution is -2.25. The molecule has 0 saturated carbocycles. The summed E-state index contributed by atoms with van der Waals surface area (Å²) in [5, 5.41) is 0. The van der Waals surface area contributed by atoms with Crippen LogP contribution in [0.15, 0.2) is 54.6 Å². The van der Waals surface area contributed by atoms with E-state index in [2.05, 4.69) is 19.9 Å². The minimum absolute atomic E-state index is 0.187. The lowest BCUT2D eigenvalue weighted by Gasteiger charge is -2.20. The van der Waals surface area contributed by atoms with Crippen molar-refractivity contribution in [2.75, 3.05) is 0 Å². The topological polar surface area (TPSA) is 18.5 Å². The first-order valence-electron chi connectivity index (χ1n) is 13.2. The fourth-order valence-corrected chi connectivity index (χ4v) is 4.08. The second-order valence-corrected chi connectivity index (χ2v) is 9.28. The van der Waals surface area contributed by atoms with Crippen molar-refractivity contribution in [2.24, 2.45) is 0 Å². The lowest BCUT2D eigenvalue weighted by atomic mass is 10.0. The van der Waals surface area contributed by atoms with Gasteiger partial charge in [0.25, 0.3) is 0 Å². The number of alkyl halides is 2. The van der Waals surface area contributed by atoms with Crippen molar-refractivity contribution < 1.29 is 27.0 Å². The summed E-state index contributed by atoms with van der Waals surface area (Å²) in [4.78, 5) is 0. The second kappa shape index (κ2) is 14.1. The average Bonchev–Trinajstić information content (AvgIpc) is 2.88. The van der Waals surface area contributed by atoms with Gasteiger partial charge in [0.15, 0.2) is 11.6 Å². The Labute approximate surface area is 217 Å². The van der Waals surface area contributed by atoms with Crippen LogP contribution in [0.2, 0.25) is 0 Å². The highest BCUT2D eigenvalue weighted by Gasteiger charge is 2.42. The van der Waals surface area contributed by atoms with Crippen LogP contribution < -0.4 is 9.47 Å². The largest absolute Gasteiger partial charge is 0.454 e. The van der Waals surface area contributed by atoms with Crippen LogP contribution in [0.25, 0.3) is 0 Å². The Morgan fingerprint density at radius 2 is 1.24 bits per heavy atom. The van der Waals surface area contributed by atoms with E-state index in [1.54, 1.807) is 24.3 Å². The monoisotopic (exact) mass is 515 g/mol. The molecule has 0 aliphatic rings. The SMILES string of the molecule is CCCCCCCCc1ccc(OC(F)(F)c2c(F)c[c]c(Oc3ccc(CCCC)cc3)c2F)cc1. The molecule has 37 heavy (non-hydrogen) atoms. The van der Waals surface area contributed by atoms with Crippen LogP contribution in [0.5, 0.6) is 17.2 Å². The van der Waals surface area contributed by atoms with Crippen molar-refractivity contribution in [1.29, 1.82) is 0 Å². The molecule has 0 atom stereocenters. The van der Waals surface area contributed by atoms with E-state index in [0.717, 1.165) is 49.7 Å². The lowest BCUT2D eigenvalue weighted by molar-refractivity contribution is -0.189. The number of benzene rings is 3. The summed E-state index contributed by atoms with van der Waals surface area (Å²) >= 11 is 0. The van der Waals surface area contributed by atoms with Gasteiger partial charge in [-0.25, -0.2) is 8.78 Å². The quantitative estimate of drug-likeness (QED) is 0.148. The zero-order valence-electron chi connectivity index (χ0n) is 21.6. The molecule has 3 aromatic rings. The highest BCUT2D eigenvalue weighted by atomic mass is 19.3. The smallest absolute Gasteiger partial charge is 0.432 e. The minimum atomic E-state index is -4.26. The standard InChI is InChI=1S/C31H35F4O2/c1-3-5-7-8-9-10-12-24-15-19-26(20-16-24)37-31(34,35)29-27(32)21-22-28(30(29)33)36-25-17-13-23(14-18-25)11-6-4-2/h13-21H,3-12H2,1-2H3. The molecule has 199 valence electrons. The maximum Gasteiger partial charge on any atom is 0.432 e. The molecule has 0 amide bonds. The Balaban J connectivity index is 1.66. The van der Waals surface area contributed by atoms with E-state index in [1.165, 1.54) is 37.8 Å². The molecule has 0 aromatic heterocycles. The van der Waals surface area contributed by atoms with Crippen molar-refractivity contribution in [3.63, 3.8) is 0 Å². The van der Waals surface area contributed by atoms with Gasteiger partial charge in [-0.2, -0.15) is 8.78 Å². The number of ether oxygens (including phenoxy) is 2. The van der Waals surface area contributed by atoms with Crippen molar-refractivity contribution in [3.8, 4) is 17.2 Å². The molecule has 0 aliphatic carbocycles. The van der Waals surface area contributed by atoms with Crippen LogP contribution in [-0.2, 0) is 19.0 Å². The van der Waals surface area contributed by atoms with Gasteiger partial charge in [0.05, 0.1) is 0 Å². The summed E-state index contributed by atoms with van der Waals surface area (Å²) in [6, 6.07) is 15.9. The highest BCUT2D eigenvalue weighted by molar-refractivity contribution is 5.38. The van der Waals surface area contributed by atoms with E-state index in [4.69, 9.17) is 9.47 Å². The van der Waals surface area contributed by atoms with E-state index >= 15 is 4.39 Å². The number of hydrogen-bond acceptors (Lipinski definition) is 2.